The number of hydrogen-bond donors (Lipinski definition) is 1. The van der Waals surface area contributed by atoms with Gasteiger partial charge >= 0.3 is 0 Å². The molecule has 0 aliphatic rings. The van der Waals surface area contributed by atoms with Crippen molar-refractivity contribution < 1.29 is 0 Å². The Balaban J connectivity index is 2.89. The van der Waals surface area contributed by atoms with Gasteiger partial charge in [-0.2, -0.15) is 0 Å². The van der Waals surface area contributed by atoms with Gasteiger partial charge in [-0.1, -0.05) is 27.2 Å². The van der Waals surface area contributed by atoms with Crippen LogP contribution in [0.2, 0.25) is 0 Å². The summed E-state index contributed by atoms with van der Waals surface area (Å²) in [6.07, 6.45) is 4.26. The van der Waals surface area contributed by atoms with E-state index in [-0.39, 0.29) is 0 Å². The number of nitrogens with zero attached hydrogens (tertiary/aromatic N) is 2. The van der Waals surface area contributed by atoms with Gasteiger partial charge in [0.2, 0.25) is 0 Å². The predicted molar refractivity (Wildman–Crippen MR) is 91.3 cm³/mol. The molecule has 0 fully saturated rings. The van der Waals surface area contributed by atoms with Gasteiger partial charge in [0.1, 0.15) is 5.82 Å². The summed E-state index contributed by atoms with van der Waals surface area (Å²) in [5.74, 6) is 1.82. The lowest BCUT2D eigenvalue weighted by atomic mass is 10.1. The second-order valence-corrected chi connectivity index (χ2v) is 6.28. The van der Waals surface area contributed by atoms with Crippen molar-refractivity contribution in [3.8, 4) is 0 Å². The Hall–Kier alpha value is -0.610. The number of nitrogens with one attached hydrogen (secondary N) is 1. The van der Waals surface area contributed by atoms with Crippen LogP contribution in [-0.2, 0) is 6.54 Å². The van der Waals surface area contributed by atoms with E-state index < -0.39 is 0 Å². The maximum Gasteiger partial charge on any atom is 0.133 e. The molecule has 0 spiro atoms. The van der Waals surface area contributed by atoms with Crippen LogP contribution in [0.25, 0.3) is 0 Å². The minimum atomic E-state index is 0.692. The molecule has 3 nitrogen and oxygen atoms in total. The number of aromatic nitrogens is 1. The molecule has 114 valence electrons. The Bertz CT molecular complexity index is 395. The zero-order valence-corrected chi connectivity index (χ0v) is 14.8. The van der Waals surface area contributed by atoms with Gasteiger partial charge in [-0.15, -0.1) is 0 Å². The van der Waals surface area contributed by atoms with Crippen LogP contribution in [0, 0.1) is 5.92 Å². The Kier molecular flexibility index (Phi) is 8.15. The molecule has 0 aliphatic heterocycles. The largest absolute Gasteiger partial charge is 0.356 e. The fourth-order valence-corrected chi connectivity index (χ4v) is 2.54. The first-order valence-electron chi connectivity index (χ1n) is 7.72. The maximum atomic E-state index is 4.65. The van der Waals surface area contributed by atoms with Gasteiger partial charge in [-0.05, 0) is 47.8 Å². The van der Waals surface area contributed by atoms with Crippen LogP contribution < -0.4 is 10.2 Å². The molecule has 0 radical (unpaired) electrons. The molecular formula is C16H28BrN3. The molecule has 1 atom stereocenters. The highest BCUT2D eigenvalue weighted by atomic mass is 79.9. The van der Waals surface area contributed by atoms with Gasteiger partial charge in [0.15, 0.2) is 0 Å². The minimum absolute atomic E-state index is 0.692. The third-order valence-corrected chi connectivity index (χ3v) is 4.00. The van der Waals surface area contributed by atoms with E-state index >= 15 is 0 Å². The number of rotatable bonds is 9. The van der Waals surface area contributed by atoms with E-state index in [1.54, 1.807) is 0 Å². The summed E-state index contributed by atoms with van der Waals surface area (Å²) in [6, 6.07) is 2.18. The van der Waals surface area contributed by atoms with E-state index in [4.69, 9.17) is 0 Å². The molecule has 0 aliphatic carbocycles. The fourth-order valence-electron chi connectivity index (χ4n) is 2.16. The smallest absolute Gasteiger partial charge is 0.133 e. The second kappa shape index (κ2) is 9.35. The fraction of sp³-hybridized carbons (Fsp3) is 0.688. The monoisotopic (exact) mass is 341 g/mol. The number of anilines is 1. The minimum Gasteiger partial charge on any atom is -0.356 e. The molecule has 1 N–H and O–H groups in total. The average Bonchev–Trinajstić information content (AvgIpc) is 2.45. The molecule has 0 aromatic carbocycles. The molecule has 1 unspecified atom stereocenters. The van der Waals surface area contributed by atoms with Crippen molar-refractivity contribution in [2.24, 2.45) is 5.92 Å². The van der Waals surface area contributed by atoms with E-state index in [1.807, 2.05) is 6.20 Å². The molecule has 1 heterocycles. The van der Waals surface area contributed by atoms with Gasteiger partial charge in [-0.3, -0.25) is 0 Å². The van der Waals surface area contributed by atoms with Gasteiger partial charge in [0.25, 0.3) is 0 Å². The summed E-state index contributed by atoms with van der Waals surface area (Å²) in [4.78, 5) is 7.05. The first-order chi connectivity index (χ1) is 9.62. The lowest BCUT2D eigenvalue weighted by Crippen LogP contribution is -2.30. The third kappa shape index (κ3) is 5.41. The summed E-state index contributed by atoms with van der Waals surface area (Å²) in [5.41, 5.74) is 1.28. The molecule has 1 aromatic rings. The number of halogens is 1. The molecule has 20 heavy (non-hydrogen) atoms. The normalized spacial score (nSPS) is 12.4. The van der Waals surface area contributed by atoms with Crippen molar-refractivity contribution in [2.75, 3.05) is 24.5 Å². The molecule has 1 rings (SSSR count). The van der Waals surface area contributed by atoms with Crippen molar-refractivity contribution in [2.45, 2.75) is 47.1 Å². The Morgan fingerprint density at radius 3 is 2.70 bits per heavy atom. The van der Waals surface area contributed by atoms with E-state index in [0.717, 1.165) is 42.9 Å². The Morgan fingerprint density at radius 2 is 2.10 bits per heavy atom. The van der Waals surface area contributed by atoms with Crippen molar-refractivity contribution in [1.29, 1.82) is 0 Å². The molecule has 0 saturated carbocycles. The number of hydrogen-bond acceptors (Lipinski definition) is 3. The molecule has 1 aromatic heterocycles. The van der Waals surface area contributed by atoms with Crippen molar-refractivity contribution in [1.82, 2.24) is 10.3 Å². The van der Waals surface area contributed by atoms with Crippen LogP contribution >= 0.6 is 15.9 Å². The van der Waals surface area contributed by atoms with Crippen LogP contribution in [0.1, 0.15) is 46.1 Å². The Morgan fingerprint density at radius 1 is 1.35 bits per heavy atom. The first-order valence-corrected chi connectivity index (χ1v) is 8.51. The Labute approximate surface area is 132 Å². The summed E-state index contributed by atoms with van der Waals surface area (Å²) in [7, 11) is 0. The highest BCUT2D eigenvalue weighted by Crippen LogP contribution is 2.23. The van der Waals surface area contributed by atoms with Crippen LogP contribution in [0.3, 0.4) is 0 Å². The first kappa shape index (κ1) is 17.4. The zero-order chi connectivity index (χ0) is 15.0. The average molecular weight is 342 g/mol. The van der Waals surface area contributed by atoms with Crippen molar-refractivity contribution in [3.63, 3.8) is 0 Å². The molecular weight excluding hydrogens is 314 g/mol. The molecule has 0 saturated heterocycles. The van der Waals surface area contributed by atoms with Crippen molar-refractivity contribution >= 4 is 21.7 Å². The highest BCUT2D eigenvalue weighted by molar-refractivity contribution is 9.10. The van der Waals surface area contributed by atoms with Crippen LogP contribution in [-0.4, -0.2) is 24.6 Å². The summed E-state index contributed by atoms with van der Waals surface area (Å²) < 4.78 is 1.05. The van der Waals surface area contributed by atoms with E-state index in [9.17, 15) is 0 Å². The standard InChI is InChI=1S/C16H28BrN3/c1-5-8-18-10-14-9-15(17)11-19-16(14)20(7-3)12-13(4)6-2/h9,11,13,18H,5-8,10,12H2,1-4H3. The zero-order valence-electron chi connectivity index (χ0n) is 13.2. The van der Waals surface area contributed by atoms with Crippen LogP contribution in [0.5, 0.6) is 0 Å². The summed E-state index contributed by atoms with van der Waals surface area (Å²) in [5, 5.41) is 3.48. The van der Waals surface area contributed by atoms with Crippen LogP contribution in [0.4, 0.5) is 5.82 Å². The molecule has 0 amide bonds. The lowest BCUT2D eigenvalue weighted by Gasteiger charge is -2.27. The molecule has 4 heteroatoms. The van der Waals surface area contributed by atoms with E-state index in [0.29, 0.717) is 5.92 Å². The predicted octanol–water partition coefficient (Wildman–Crippen LogP) is 4.22. The van der Waals surface area contributed by atoms with E-state index in [2.05, 4.69) is 64.9 Å². The topological polar surface area (TPSA) is 28.2 Å². The van der Waals surface area contributed by atoms with Gasteiger partial charge in [0, 0.05) is 35.9 Å². The van der Waals surface area contributed by atoms with Gasteiger partial charge in [0.05, 0.1) is 0 Å². The second-order valence-electron chi connectivity index (χ2n) is 5.37. The number of pyridine rings is 1. The maximum absolute atomic E-state index is 4.65. The third-order valence-electron chi connectivity index (χ3n) is 3.56. The van der Waals surface area contributed by atoms with Gasteiger partial charge < -0.3 is 10.2 Å². The lowest BCUT2D eigenvalue weighted by molar-refractivity contribution is 0.543. The highest BCUT2D eigenvalue weighted by Gasteiger charge is 2.14. The van der Waals surface area contributed by atoms with E-state index in [1.165, 1.54) is 12.0 Å². The quantitative estimate of drug-likeness (QED) is 0.681. The van der Waals surface area contributed by atoms with Gasteiger partial charge in [-0.25, -0.2) is 4.98 Å². The van der Waals surface area contributed by atoms with Crippen molar-refractivity contribution in [3.05, 3.63) is 22.3 Å². The van der Waals surface area contributed by atoms with Crippen LogP contribution in [0.15, 0.2) is 16.7 Å². The summed E-state index contributed by atoms with van der Waals surface area (Å²) >= 11 is 3.53. The summed E-state index contributed by atoms with van der Waals surface area (Å²) in [6.45, 7) is 12.9. The SMILES string of the molecule is CCCNCc1cc(Br)cnc1N(CC)CC(C)CC. The molecule has 0 bridgehead atoms.